The summed E-state index contributed by atoms with van der Waals surface area (Å²) in [6.45, 7) is 0.991. The first-order valence-corrected chi connectivity index (χ1v) is 7.48. The Labute approximate surface area is 132 Å². The predicted octanol–water partition coefficient (Wildman–Crippen LogP) is 2.35. The Balaban J connectivity index is 1.89. The molecular formula is C14H15Cl2FN2O2. The van der Waals surface area contributed by atoms with Crippen molar-refractivity contribution in [3.05, 3.63) is 35.6 Å². The van der Waals surface area contributed by atoms with E-state index in [1.54, 1.807) is 11.0 Å². The molecule has 0 bridgehead atoms. The van der Waals surface area contributed by atoms with Crippen LogP contribution in [0, 0.1) is 5.82 Å². The Kier molecular flexibility index (Phi) is 5.42. The number of piperidine rings is 1. The second kappa shape index (κ2) is 7.09. The maximum absolute atomic E-state index is 13.1. The Morgan fingerprint density at radius 3 is 2.52 bits per heavy atom. The normalized spacial score (nSPS) is 16.1. The van der Waals surface area contributed by atoms with Crippen LogP contribution in [0.1, 0.15) is 23.2 Å². The lowest BCUT2D eigenvalue weighted by atomic mass is 10.0. The van der Waals surface area contributed by atoms with Gasteiger partial charge in [-0.25, -0.2) is 4.39 Å². The van der Waals surface area contributed by atoms with Crippen LogP contribution in [0.15, 0.2) is 24.3 Å². The molecule has 0 radical (unpaired) electrons. The van der Waals surface area contributed by atoms with E-state index in [4.69, 9.17) is 23.2 Å². The van der Waals surface area contributed by atoms with E-state index in [9.17, 15) is 14.0 Å². The average Bonchev–Trinajstić information content (AvgIpc) is 2.47. The number of hydrogen-bond donors (Lipinski definition) is 1. The summed E-state index contributed by atoms with van der Waals surface area (Å²) in [5.41, 5.74) is 0.332. The zero-order valence-electron chi connectivity index (χ0n) is 11.2. The molecule has 114 valence electrons. The molecule has 1 N–H and O–H groups in total. The maximum atomic E-state index is 13.1. The lowest BCUT2D eigenvalue weighted by Crippen LogP contribution is -2.47. The van der Waals surface area contributed by atoms with Gasteiger partial charge in [0.15, 0.2) is 4.84 Å². The summed E-state index contributed by atoms with van der Waals surface area (Å²) in [6.07, 6.45) is 1.24. The van der Waals surface area contributed by atoms with Gasteiger partial charge in [0.05, 0.1) is 0 Å². The summed E-state index contributed by atoms with van der Waals surface area (Å²) in [6, 6.07) is 5.57. The summed E-state index contributed by atoms with van der Waals surface area (Å²) in [7, 11) is 0. The fourth-order valence-corrected chi connectivity index (χ4v) is 2.42. The van der Waals surface area contributed by atoms with Crippen LogP contribution in [0.25, 0.3) is 0 Å². The summed E-state index contributed by atoms with van der Waals surface area (Å²) in [5.74, 6) is -1.06. The number of carbonyl (C=O) groups excluding carboxylic acids is 2. The highest BCUT2D eigenvalue weighted by molar-refractivity contribution is 6.53. The molecule has 1 aromatic rings. The van der Waals surface area contributed by atoms with Crippen LogP contribution in [0.3, 0.4) is 0 Å². The molecule has 1 fully saturated rings. The Morgan fingerprint density at radius 1 is 1.29 bits per heavy atom. The van der Waals surface area contributed by atoms with Gasteiger partial charge in [-0.05, 0) is 31.0 Å². The number of nitrogens with one attached hydrogen (secondary N) is 1. The van der Waals surface area contributed by atoms with Crippen molar-refractivity contribution in [2.45, 2.75) is 23.7 Å². The number of alkyl halides is 2. The van der Waals surface area contributed by atoms with E-state index < -0.39 is 16.6 Å². The lowest BCUT2D eigenvalue weighted by molar-refractivity contribution is -0.120. The van der Waals surface area contributed by atoms with Crippen LogP contribution >= 0.6 is 23.2 Å². The first kappa shape index (κ1) is 16.0. The van der Waals surface area contributed by atoms with E-state index >= 15 is 0 Å². The molecule has 1 saturated heterocycles. The molecule has 1 aromatic carbocycles. The van der Waals surface area contributed by atoms with E-state index in [0.717, 1.165) is 0 Å². The van der Waals surface area contributed by atoms with Gasteiger partial charge < -0.3 is 10.2 Å². The summed E-state index contributed by atoms with van der Waals surface area (Å²) in [4.78, 5) is 24.2. The van der Waals surface area contributed by atoms with Crippen LogP contribution < -0.4 is 5.32 Å². The number of rotatable bonds is 3. The molecular weight excluding hydrogens is 318 g/mol. The minimum Gasteiger partial charge on any atom is -0.351 e. The van der Waals surface area contributed by atoms with Gasteiger partial charge in [-0.1, -0.05) is 29.3 Å². The van der Waals surface area contributed by atoms with Gasteiger partial charge in [0.2, 0.25) is 0 Å². The SMILES string of the molecule is O=C(NC1CCN(C(=O)c2cccc(F)c2)CC1)C(Cl)Cl. The molecule has 0 aliphatic carbocycles. The minimum absolute atomic E-state index is 0.0472. The fourth-order valence-electron chi connectivity index (χ4n) is 2.30. The van der Waals surface area contributed by atoms with Gasteiger partial charge in [0.25, 0.3) is 11.8 Å². The van der Waals surface area contributed by atoms with Crippen molar-refractivity contribution in [3.8, 4) is 0 Å². The van der Waals surface area contributed by atoms with Crippen LogP contribution in [0.2, 0.25) is 0 Å². The van der Waals surface area contributed by atoms with Crippen LogP contribution in [0.5, 0.6) is 0 Å². The third kappa shape index (κ3) is 4.32. The monoisotopic (exact) mass is 332 g/mol. The zero-order chi connectivity index (χ0) is 15.4. The molecule has 7 heteroatoms. The standard InChI is InChI=1S/C14H15Cl2FN2O2/c15-12(16)13(20)18-11-4-6-19(7-5-11)14(21)9-2-1-3-10(17)8-9/h1-3,8,11-12H,4-7H2,(H,18,20). The fraction of sp³-hybridized carbons (Fsp3) is 0.429. The van der Waals surface area contributed by atoms with E-state index in [2.05, 4.69) is 5.32 Å². The van der Waals surface area contributed by atoms with Crippen molar-refractivity contribution >= 4 is 35.0 Å². The van der Waals surface area contributed by atoms with E-state index in [0.29, 0.717) is 31.5 Å². The van der Waals surface area contributed by atoms with Crippen LogP contribution in [0.4, 0.5) is 4.39 Å². The quantitative estimate of drug-likeness (QED) is 0.864. The number of amides is 2. The molecule has 4 nitrogen and oxygen atoms in total. The molecule has 0 spiro atoms. The second-order valence-corrected chi connectivity index (χ2v) is 5.98. The second-order valence-electron chi connectivity index (χ2n) is 4.89. The molecule has 2 rings (SSSR count). The van der Waals surface area contributed by atoms with Gasteiger partial charge in [0, 0.05) is 24.7 Å². The smallest absolute Gasteiger partial charge is 0.253 e. The summed E-state index contributed by atoms with van der Waals surface area (Å²) >= 11 is 10.9. The largest absolute Gasteiger partial charge is 0.351 e. The Bertz CT molecular complexity index is 531. The van der Waals surface area contributed by atoms with Gasteiger partial charge in [-0.2, -0.15) is 0 Å². The van der Waals surface area contributed by atoms with E-state index in [1.165, 1.54) is 18.2 Å². The average molecular weight is 333 g/mol. The molecule has 0 saturated carbocycles. The molecule has 21 heavy (non-hydrogen) atoms. The number of benzene rings is 1. The first-order valence-electron chi connectivity index (χ1n) is 6.60. The molecule has 2 amide bonds. The van der Waals surface area contributed by atoms with Crippen LogP contribution in [-0.4, -0.2) is 40.7 Å². The number of halogens is 3. The van der Waals surface area contributed by atoms with Crippen molar-refractivity contribution in [3.63, 3.8) is 0 Å². The molecule has 1 heterocycles. The first-order chi connectivity index (χ1) is 9.97. The van der Waals surface area contributed by atoms with Crippen molar-refractivity contribution in [1.82, 2.24) is 10.2 Å². The summed E-state index contributed by atoms with van der Waals surface area (Å²) in [5, 5.41) is 2.73. The van der Waals surface area contributed by atoms with E-state index in [-0.39, 0.29) is 11.9 Å². The van der Waals surface area contributed by atoms with E-state index in [1.807, 2.05) is 0 Å². The van der Waals surface area contributed by atoms with Gasteiger partial charge in [-0.15, -0.1) is 0 Å². The highest BCUT2D eigenvalue weighted by Crippen LogP contribution is 2.15. The lowest BCUT2D eigenvalue weighted by Gasteiger charge is -2.32. The molecule has 1 aliphatic rings. The van der Waals surface area contributed by atoms with Crippen molar-refractivity contribution < 1.29 is 14.0 Å². The number of carbonyl (C=O) groups is 2. The van der Waals surface area contributed by atoms with Gasteiger partial charge >= 0.3 is 0 Å². The molecule has 0 aromatic heterocycles. The minimum atomic E-state index is -1.09. The van der Waals surface area contributed by atoms with Gasteiger partial charge in [0.1, 0.15) is 5.82 Å². The third-order valence-electron chi connectivity index (χ3n) is 3.40. The Morgan fingerprint density at radius 2 is 1.95 bits per heavy atom. The van der Waals surface area contributed by atoms with Crippen LogP contribution in [-0.2, 0) is 4.79 Å². The van der Waals surface area contributed by atoms with Crippen molar-refractivity contribution in [2.24, 2.45) is 0 Å². The highest BCUT2D eigenvalue weighted by Gasteiger charge is 2.25. The zero-order valence-corrected chi connectivity index (χ0v) is 12.7. The number of nitrogens with zero attached hydrogens (tertiary/aromatic N) is 1. The summed E-state index contributed by atoms with van der Waals surface area (Å²) < 4.78 is 13.1. The molecule has 0 unspecified atom stereocenters. The maximum Gasteiger partial charge on any atom is 0.253 e. The Hall–Kier alpha value is -1.33. The van der Waals surface area contributed by atoms with Gasteiger partial charge in [-0.3, -0.25) is 9.59 Å². The third-order valence-corrected chi connectivity index (χ3v) is 3.79. The van der Waals surface area contributed by atoms with Crippen molar-refractivity contribution in [1.29, 1.82) is 0 Å². The molecule has 0 atom stereocenters. The molecule has 1 aliphatic heterocycles. The number of likely N-dealkylation sites (tertiary alicyclic amines) is 1. The predicted molar refractivity (Wildman–Crippen MR) is 79.0 cm³/mol. The topological polar surface area (TPSA) is 49.4 Å². The highest BCUT2D eigenvalue weighted by atomic mass is 35.5. The van der Waals surface area contributed by atoms with Crippen molar-refractivity contribution in [2.75, 3.05) is 13.1 Å². The number of hydrogen-bond acceptors (Lipinski definition) is 2.